The summed E-state index contributed by atoms with van der Waals surface area (Å²) in [4.78, 5) is 13.4. The Morgan fingerprint density at radius 2 is 2.00 bits per heavy atom. The highest BCUT2D eigenvalue weighted by molar-refractivity contribution is 7.08. The van der Waals surface area contributed by atoms with Crippen LogP contribution >= 0.6 is 34.5 Å². The third-order valence-corrected chi connectivity index (χ3v) is 6.92. The third-order valence-electron chi connectivity index (χ3n) is 5.68. The van der Waals surface area contributed by atoms with Crippen molar-refractivity contribution in [3.63, 3.8) is 0 Å². The van der Waals surface area contributed by atoms with E-state index in [0.717, 1.165) is 28.0 Å². The number of halogens is 2. The summed E-state index contributed by atoms with van der Waals surface area (Å²) in [5.74, 6) is -0.267. The highest BCUT2D eigenvalue weighted by Crippen LogP contribution is 2.35. The standard InChI is InChI=1S/C26H21Cl2N3O2S/c1-16(18-5-3-2-4-6-18)29-26(32)24-21-14-33-13-19(11-17-9-10-34-15-17)25(21)31(30-24)23-8-7-20(27)12-22(23)28/h2-12,15-16H,13-14H2,1H3,(H,29,32)/b19-11+/t16-/m0/s1. The molecule has 3 heterocycles. The molecular formula is C26H21Cl2N3O2S. The zero-order valence-electron chi connectivity index (χ0n) is 18.3. The number of fused-ring (bicyclic) bond motifs is 1. The molecular weight excluding hydrogens is 489 g/mol. The van der Waals surface area contributed by atoms with Crippen molar-refractivity contribution in [2.45, 2.75) is 19.6 Å². The van der Waals surface area contributed by atoms with E-state index in [9.17, 15) is 4.79 Å². The number of carbonyl (C=O) groups excluding carboxylic acids is 1. The van der Waals surface area contributed by atoms with E-state index in [-0.39, 0.29) is 18.6 Å². The van der Waals surface area contributed by atoms with Gasteiger partial charge in [-0.25, -0.2) is 4.68 Å². The summed E-state index contributed by atoms with van der Waals surface area (Å²) in [5, 5.41) is 12.9. The molecule has 34 heavy (non-hydrogen) atoms. The normalized spacial score (nSPS) is 15.2. The van der Waals surface area contributed by atoms with Gasteiger partial charge in [-0.05, 0) is 59.2 Å². The maximum Gasteiger partial charge on any atom is 0.272 e. The van der Waals surface area contributed by atoms with E-state index in [0.29, 0.717) is 28.0 Å². The van der Waals surface area contributed by atoms with Crippen LogP contribution in [-0.2, 0) is 11.3 Å². The van der Waals surface area contributed by atoms with Gasteiger partial charge in [-0.2, -0.15) is 16.4 Å². The number of nitrogens with zero attached hydrogens (tertiary/aromatic N) is 2. The molecule has 0 aliphatic carbocycles. The molecule has 1 aliphatic heterocycles. The predicted octanol–water partition coefficient (Wildman–Crippen LogP) is 6.80. The van der Waals surface area contributed by atoms with Crippen LogP contribution in [0.1, 0.15) is 45.8 Å². The molecule has 0 saturated heterocycles. The monoisotopic (exact) mass is 509 g/mol. The van der Waals surface area contributed by atoms with Crippen molar-refractivity contribution >= 4 is 52.1 Å². The van der Waals surface area contributed by atoms with Crippen LogP contribution < -0.4 is 5.32 Å². The number of amides is 1. The smallest absolute Gasteiger partial charge is 0.272 e. The van der Waals surface area contributed by atoms with Gasteiger partial charge < -0.3 is 10.1 Å². The molecule has 0 fully saturated rings. The van der Waals surface area contributed by atoms with Crippen molar-refractivity contribution in [3.8, 4) is 5.69 Å². The van der Waals surface area contributed by atoms with Crippen LogP contribution in [0.3, 0.4) is 0 Å². The molecule has 1 atom stereocenters. The summed E-state index contributed by atoms with van der Waals surface area (Å²) < 4.78 is 7.62. The van der Waals surface area contributed by atoms with E-state index < -0.39 is 0 Å². The average Bonchev–Trinajstić information content (AvgIpc) is 3.48. The Labute approximate surface area is 211 Å². The number of aromatic nitrogens is 2. The fourth-order valence-electron chi connectivity index (χ4n) is 4.02. The zero-order valence-corrected chi connectivity index (χ0v) is 20.6. The first-order valence-corrected chi connectivity index (χ1v) is 12.4. The van der Waals surface area contributed by atoms with Gasteiger partial charge >= 0.3 is 0 Å². The van der Waals surface area contributed by atoms with E-state index >= 15 is 0 Å². The van der Waals surface area contributed by atoms with Gasteiger partial charge in [0.1, 0.15) is 0 Å². The maximum absolute atomic E-state index is 13.4. The van der Waals surface area contributed by atoms with Crippen molar-refractivity contribution < 1.29 is 9.53 Å². The zero-order chi connectivity index (χ0) is 23.7. The minimum absolute atomic E-state index is 0.182. The molecule has 1 aliphatic rings. The molecule has 0 saturated carbocycles. The summed E-state index contributed by atoms with van der Waals surface area (Å²) in [7, 11) is 0. The highest BCUT2D eigenvalue weighted by atomic mass is 35.5. The van der Waals surface area contributed by atoms with Gasteiger partial charge in [0, 0.05) is 16.2 Å². The van der Waals surface area contributed by atoms with Gasteiger partial charge in [-0.3, -0.25) is 4.79 Å². The van der Waals surface area contributed by atoms with Crippen LogP contribution in [0.15, 0.2) is 65.4 Å². The van der Waals surface area contributed by atoms with E-state index in [4.69, 9.17) is 33.0 Å². The Bertz CT molecular complexity index is 1360. The maximum atomic E-state index is 13.4. The number of rotatable bonds is 5. The number of nitrogens with one attached hydrogen (secondary N) is 1. The summed E-state index contributed by atoms with van der Waals surface area (Å²) in [5.41, 5.74) is 5.52. The van der Waals surface area contributed by atoms with Crippen molar-refractivity contribution in [2.75, 3.05) is 6.61 Å². The molecule has 0 unspecified atom stereocenters. The second kappa shape index (κ2) is 9.76. The van der Waals surface area contributed by atoms with Gasteiger partial charge in [-0.15, -0.1) is 0 Å². The van der Waals surface area contributed by atoms with E-state index in [1.165, 1.54) is 0 Å². The number of benzene rings is 2. The lowest BCUT2D eigenvalue weighted by atomic mass is 10.0. The summed E-state index contributed by atoms with van der Waals surface area (Å²) in [6.45, 7) is 2.64. The SMILES string of the molecule is C[C@H](NC(=O)c1nn(-c2ccc(Cl)cc2Cl)c2c1COC/C2=C\c1ccsc1)c1ccccc1. The first kappa shape index (κ1) is 22.9. The molecule has 172 valence electrons. The fraction of sp³-hybridized carbons (Fsp3) is 0.154. The Morgan fingerprint density at radius 1 is 1.18 bits per heavy atom. The first-order valence-electron chi connectivity index (χ1n) is 10.8. The van der Waals surface area contributed by atoms with Crippen LogP contribution in [0.25, 0.3) is 17.3 Å². The van der Waals surface area contributed by atoms with Crippen LogP contribution in [0.2, 0.25) is 10.0 Å². The van der Waals surface area contributed by atoms with Crippen molar-refractivity contribution in [2.24, 2.45) is 0 Å². The Balaban J connectivity index is 1.61. The lowest BCUT2D eigenvalue weighted by Gasteiger charge is -2.19. The highest BCUT2D eigenvalue weighted by Gasteiger charge is 2.30. The van der Waals surface area contributed by atoms with Gasteiger partial charge in [-0.1, -0.05) is 53.5 Å². The van der Waals surface area contributed by atoms with Gasteiger partial charge in [0.25, 0.3) is 5.91 Å². The van der Waals surface area contributed by atoms with E-state index in [1.807, 2.05) is 54.8 Å². The Kier molecular flexibility index (Phi) is 6.57. The lowest BCUT2D eigenvalue weighted by molar-refractivity contribution is 0.0926. The van der Waals surface area contributed by atoms with Crippen molar-refractivity contribution in [3.05, 3.63) is 103 Å². The van der Waals surface area contributed by atoms with Gasteiger partial charge in [0.2, 0.25) is 0 Å². The number of hydrogen-bond acceptors (Lipinski definition) is 4. The number of thiophene rings is 1. The van der Waals surface area contributed by atoms with E-state index in [1.54, 1.807) is 28.2 Å². The second-order valence-electron chi connectivity index (χ2n) is 8.01. The topological polar surface area (TPSA) is 56.2 Å². The average molecular weight is 510 g/mol. The largest absolute Gasteiger partial charge is 0.372 e. The van der Waals surface area contributed by atoms with E-state index in [2.05, 4.69) is 16.8 Å². The Morgan fingerprint density at radius 3 is 2.74 bits per heavy atom. The summed E-state index contributed by atoms with van der Waals surface area (Å²) in [6, 6.07) is 16.9. The Hall–Kier alpha value is -2.90. The summed E-state index contributed by atoms with van der Waals surface area (Å²) >= 11 is 14.3. The molecule has 5 nitrogen and oxygen atoms in total. The summed E-state index contributed by atoms with van der Waals surface area (Å²) in [6.07, 6.45) is 2.06. The molecule has 1 amide bonds. The number of ether oxygens (including phenoxy) is 1. The van der Waals surface area contributed by atoms with Crippen molar-refractivity contribution in [1.29, 1.82) is 0 Å². The predicted molar refractivity (Wildman–Crippen MR) is 138 cm³/mol. The quantitative estimate of drug-likeness (QED) is 0.321. The fourth-order valence-corrected chi connectivity index (χ4v) is 5.12. The first-order chi connectivity index (χ1) is 16.5. The van der Waals surface area contributed by atoms with Gasteiger partial charge in [0.15, 0.2) is 5.69 Å². The van der Waals surface area contributed by atoms with Gasteiger partial charge in [0.05, 0.1) is 35.7 Å². The third kappa shape index (κ3) is 4.55. The molecule has 2 aromatic heterocycles. The van der Waals surface area contributed by atoms with Crippen LogP contribution in [0.4, 0.5) is 0 Å². The second-order valence-corrected chi connectivity index (χ2v) is 9.63. The molecule has 4 aromatic rings. The van der Waals surface area contributed by atoms with Crippen molar-refractivity contribution in [1.82, 2.24) is 15.1 Å². The molecule has 8 heteroatoms. The minimum atomic E-state index is -0.267. The molecule has 0 spiro atoms. The molecule has 0 bridgehead atoms. The van der Waals surface area contributed by atoms with Crippen LogP contribution in [0, 0.1) is 0 Å². The molecule has 0 radical (unpaired) electrons. The molecule has 1 N–H and O–H groups in total. The van der Waals surface area contributed by atoms with Crippen LogP contribution in [-0.4, -0.2) is 22.3 Å². The molecule has 5 rings (SSSR count). The number of hydrogen-bond donors (Lipinski definition) is 1. The molecule has 2 aromatic carbocycles. The van der Waals surface area contributed by atoms with Crippen LogP contribution in [0.5, 0.6) is 0 Å². The lowest BCUT2D eigenvalue weighted by Crippen LogP contribution is -2.28. The minimum Gasteiger partial charge on any atom is -0.372 e. The number of carbonyl (C=O) groups is 1.